The Morgan fingerprint density at radius 3 is 2.50 bits per heavy atom. The third-order valence-electron chi connectivity index (χ3n) is 6.01. The fourth-order valence-electron chi connectivity index (χ4n) is 4.32. The van der Waals surface area contributed by atoms with Gasteiger partial charge in [0, 0.05) is 17.5 Å². The van der Waals surface area contributed by atoms with E-state index in [1.165, 1.54) is 54.4 Å². The zero-order chi connectivity index (χ0) is 19.2. The molecule has 2 nitrogen and oxygen atoms in total. The Bertz CT molecular complexity index is 769. The first-order valence-corrected chi connectivity index (χ1v) is 12.2. The highest BCUT2D eigenvalue weighted by molar-refractivity contribution is 7.99. The van der Waals surface area contributed by atoms with Gasteiger partial charge in [0.05, 0.1) is 10.7 Å². The van der Waals surface area contributed by atoms with Crippen LogP contribution in [0.4, 0.5) is 5.69 Å². The van der Waals surface area contributed by atoms with E-state index in [0.29, 0.717) is 0 Å². The van der Waals surface area contributed by atoms with Crippen LogP contribution in [0.25, 0.3) is 0 Å². The lowest BCUT2D eigenvalue weighted by atomic mass is 10.0. The molecule has 2 N–H and O–H groups in total. The third-order valence-corrected chi connectivity index (χ3v) is 7.77. The molecular weight excluding hydrogens is 384 g/mol. The molecule has 28 heavy (non-hydrogen) atoms. The Morgan fingerprint density at radius 1 is 0.929 bits per heavy atom. The summed E-state index contributed by atoms with van der Waals surface area (Å²) in [6.45, 7) is 2.89. The van der Waals surface area contributed by atoms with E-state index in [-0.39, 0.29) is 0 Å². The van der Waals surface area contributed by atoms with Gasteiger partial charge in [0.2, 0.25) is 0 Å². The van der Waals surface area contributed by atoms with Crippen molar-refractivity contribution in [3.8, 4) is 0 Å². The molecular formula is C24H31ClN2S. The van der Waals surface area contributed by atoms with E-state index in [4.69, 9.17) is 11.6 Å². The van der Waals surface area contributed by atoms with Crippen LogP contribution in [0.3, 0.4) is 0 Å². The number of benzene rings is 2. The SMILES string of the molecule is Clc1ccc2c(c1NCc1ccc(CSC3CCCCC3)cc1)CCNCC2. The second-order valence-electron chi connectivity index (χ2n) is 8.05. The predicted octanol–water partition coefficient (Wildman–Crippen LogP) is 6.21. The average Bonchev–Trinajstić information content (AvgIpc) is 2.99. The quantitative estimate of drug-likeness (QED) is 0.587. The largest absolute Gasteiger partial charge is 0.380 e. The molecule has 4 rings (SSSR count). The average molecular weight is 415 g/mol. The number of halogens is 1. The molecule has 1 aliphatic heterocycles. The molecule has 2 aliphatic rings. The van der Waals surface area contributed by atoms with E-state index in [1.54, 1.807) is 0 Å². The molecule has 0 amide bonds. The summed E-state index contributed by atoms with van der Waals surface area (Å²) in [5.74, 6) is 1.14. The van der Waals surface area contributed by atoms with Gasteiger partial charge in [-0.15, -0.1) is 0 Å². The van der Waals surface area contributed by atoms with Gasteiger partial charge in [-0.2, -0.15) is 11.8 Å². The molecule has 150 valence electrons. The van der Waals surface area contributed by atoms with Gasteiger partial charge in [-0.05, 0) is 67.1 Å². The summed E-state index contributed by atoms with van der Waals surface area (Å²) in [6, 6.07) is 13.4. The van der Waals surface area contributed by atoms with Crippen LogP contribution in [0.15, 0.2) is 36.4 Å². The van der Waals surface area contributed by atoms with Gasteiger partial charge in [0.15, 0.2) is 0 Å². The summed E-state index contributed by atoms with van der Waals surface area (Å²) >= 11 is 8.68. The zero-order valence-corrected chi connectivity index (χ0v) is 18.2. The van der Waals surface area contributed by atoms with E-state index in [2.05, 4.69) is 52.7 Å². The van der Waals surface area contributed by atoms with Crippen LogP contribution in [0.1, 0.15) is 54.4 Å². The van der Waals surface area contributed by atoms with Crippen molar-refractivity contribution < 1.29 is 0 Å². The van der Waals surface area contributed by atoms with Crippen molar-refractivity contribution in [2.75, 3.05) is 18.4 Å². The molecule has 2 aromatic rings. The topological polar surface area (TPSA) is 24.1 Å². The number of rotatable bonds is 6. The molecule has 0 aromatic heterocycles. The lowest BCUT2D eigenvalue weighted by Crippen LogP contribution is -2.16. The van der Waals surface area contributed by atoms with E-state index < -0.39 is 0 Å². The van der Waals surface area contributed by atoms with Crippen LogP contribution < -0.4 is 10.6 Å². The lowest BCUT2D eigenvalue weighted by Gasteiger charge is -2.21. The molecule has 0 saturated heterocycles. The highest BCUT2D eigenvalue weighted by Gasteiger charge is 2.15. The van der Waals surface area contributed by atoms with Crippen molar-refractivity contribution in [1.82, 2.24) is 5.32 Å². The van der Waals surface area contributed by atoms with Gasteiger partial charge in [0.25, 0.3) is 0 Å². The highest BCUT2D eigenvalue weighted by atomic mass is 35.5. The van der Waals surface area contributed by atoms with Gasteiger partial charge in [-0.25, -0.2) is 0 Å². The number of hydrogen-bond donors (Lipinski definition) is 2. The van der Waals surface area contributed by atoms with Gasteiger partial charge in [-0.1, -0.05) is 61.2 Å². The number of nitrogens with one attached hydrogen (secondary N) is 2. The summed E-state index contributed by atoms with van der Waals surface area (Å²) in [6.07, 6.45) is 9.21. The van der Waals surface area contributed by atoms with E-state index in [1.807, 2.05) is 6.07 Å². The number of thioether (sulfide) groups is 1. The van der Waals surface area contributed by atoms with Gasteiger partial charge >= 0.3 is 0 Å². The number of fused-ring (bicyclic) bond motifs is 1. The summed E-state index contributed by atoms with van der Waals surface area (Å²) in [7, 11) is 0. The normalized spacial score (nSPS) is 17.8. The predicted molar refractivity (Wildman–Crippen MR) is 124 cm³/mol. The number of anilines is 1. The Balaban J connectivity index is 1.35. The molecule has 0 atom stereocenters. The second kappa shape index (κ2) is 10.0. The standard InChI is InChI=1S/C24H31ClN2S/c25-23-11-10-20-12-14-26-15-13-22(20)24(23)27-16-18-6-8-19(9-7-18)17-28-21-4-2-1-3-5-21/h6-11,21,26-27H,1-5,12-17H2. The molecule has 4 heteroatoms. The molecule has 1 saturated carbocycles. The van der Waals surface area contributed by atoms with Crippen molar-refractivity contribution in [3.63, 3.8) is 0 Å². The van der Waals surface area contributed by atoms with Crippen molar-refractivity contribution >= 4 is 29.1 Å². The van der Waals surface area contributed by atoms with Gasteiger partial charge in [-0.3, -0.25) is 0 Å². The van der Waals surface area contributed by atoms with Gasteiger partial charge in [0.1, 0.15) is 0 Å². The molecule has 0 bridgehead atoms. The van der Waals surface area contributed by atoms with Crippen LogP contribution in [0, 0.1) is 0 Å². The Morgan fingerprint density at radius 2 is 1.68 bits per heavy atom. The van der Waals surface area contributed by atoms with Gasteiger partial charge < -0.3 is 10.6 Å². The first-order chi connectivity index (χ1) is 13.8. The third kappa shape index (κ3) is 5.25. The monoisotopic (exact) mass is 414 g/mol. The van der Waals surface area contributed by atoms with Crippen molar-refractivity contribution in [2.45, 2.75) is 62.5 Å². The Labute approximate surface area is 178 Å². The van der Waals surface area contributed by atoms with Crippen molar-refractivity contribution in [1.29, 1.82) is 0 Å². The van der Waals surface area contributed by atoms with E-state index in [0.717, 1.165) is 54.2 Å². The Kier molecular flexibility index (Phi) is 7.22. The summed E-state index contributed by atoms with van der Waals surface area (Å²) in [4.78, 5) is 0. The Hall–Kier alpha value is -1.16. The molecule has 1 heterocycles. The van der Waals surface area contributed by atoms with E-state index in [9.17, 15) is 0 Å². The maximum Gasteiger partial charge on any atom is 0.0640 e. The van der Waals surface area contributed by atoms with Crippen LogP contribution in [0.2, 0.25) is 5.02 Å². The maximum atomic E-state index is 6.54. The van der Waals surface area contributed by atoms with Crippen LogP contribution in [0.5, 0.6) is 0 Å². The van der Waals surface area contributed by atoms with Crippen LogP contribution in [-0.4, -0.2) is 18.3 Å². The maximum absolute atomic E-state index is 6.54. The molecule has 0 unspecified atom stereocenters. The van der Waals surface area contributed by atoms with Crippen molar-refractivity contribution in [2.24, 2.45) is 0 Å². The minimum atomic E-state index is 0.819. The smallest absolute Gasteiger partial charge is 0.0640 e. The fraction of sp³-hybridized carbons (Fsp3) is 0.500. The lowest BCUT2D eigenvalue weighted by molar-refractivity contribution is 0.516. The summed E-state index contributed by atoms with van der Waals surface area (Å²) in [5.41, 5.74) is 6.69. The summed E-state index contributed by atoms with van der Waals surface area (Å²) < 4.78 is 0. The molecule has 1 fully saturated rings. The van der Waals surface area contributed by atoms with Crippen LogP contribution in [-0.2, 0) is 25.1 Å². The second-order valence-corrected chi connectivity index (χ2v) is 9.75. The molecule has 2 aromatic carbocycles. The molecule has 0 spiro atoms. The molecule has 0 radical (unpaired) electrons. The highest BCUT2D eigenvalue weighted by Crippen LogP contribution is 2.32. The fourth-order valence-corrected chi connectivity index (χ4v) is 5.86. The minimum absolute atomic E-state index is 0.819. The van der Waals surface area contributed by atoms with Crippen LogP contribution >= 0.6 is 23.4 Å². The number of hydrogen-bond acceptors (Lipinski definition) is 3. The van der Waals surface area contributed by atoms with Crippen molar-refractivity contribution in [3.05, 3.63) is 63.7 Å². The molecule has 1 aliphatic carbocycles. The minimum Gasteiger partial charge on any atom is -0.380 e. The summed E-state index contributed by atoms with van der Waals surface area (Å²) in [5, 5.41) is 8.82. The zero-order valence-electron chi connectivity index (χ0n) is 16.6. The first-order valence-electron chi connectivity index (χ1n) is 10.7. The van der Waals surface area contributed by atoms with E-state index >= 15 is 0 Å². The first kappa shape index (κ1) is 20.1.